The van der Waals surface area contributed by atoms with Gasteiger partial charge in [0.25, 0.3) is 5.91 Å². The lowest BCUT2D eigenvalue weighted by Crippen LogP contribution is -2.26. The molecule has 0 aliphatic carbocycles. The molecule has 2 rings (SSSR count). The highest BCUT2D eigenvalue weighted by molar-refractivity contribution is 7.09. The summed E-state index contributed by atoms with van der Waals surface area (Å²) in [7, 11) is 4.42. The second-order valence-corrected chi connectivity index (χ2v) is 5.52. The number of carbonyl (C=O) groups excluding carboxylic acids is 1. The molecule has 7 nitrogen and oxygen atoms in total. The first kappa shape index (κ1) is 16.9. The number of nitrogen functional groups attached to an aromatic ring is 1. The van der Waals surface area contributed by atoms with Gasteiger partial charge >= 0.3 is 0 Å². The number of nitrogens with zero attached hydrogens (tertiary/aromatic N) is 1. The summed E-state index contributed by atoms with van der Waals surface area (Å²) in [6, 6.07) is 1.54. The van der Waals surface area contributed by atoms with Crippen molar-refractivity contribution in [2.45, 2.75) is 6.42 Å². The Hall–Kier alpha value is -2.48. The Morgan fingerprint density at radius 2 is 2.00 bits per heavy atom. The average Bonchev–Trinajstić information content (AvgIpc) is 3.07. The van der Waals surface area contributed by atoms with E-state index in [2.05, 4.69) is 10.3 Å². The van der Waals surface area contributed by atoms with Crippen molar-refractivity contribution in [2.75, 3.05) is 33.6 Å². The van der Waals surface area contributed by atoms with E-state index >= 15 is 0 Å². The van der Waals surface area contributed by atoms with Crippen molar-refractivity contribution in [3.63, 3.8) is 0 Å². The number of nitrogens with two attached hydrogens (primary N) is 1. The van der Waals surface area contributed by atoms with Crippen LogP contribution in [0.15, 0.2) is 17.6 Å². The van der Waals surface area contributed by atoms with Gasteiger partial charge in [0.05, 0.1) is 37.6 Å². The third-order valence-electron chi connectivity index (χ3n) is 3.22. The monoisotopic (exact) mass is 337 g/mol. The van der Waals surface area contributed by atoms with Crippen LogP contribution in [0.3, 0.4) is 0 Å². The van der Waals surface area contributed by atoms with Crippen LogP contribution < -0.4 is 25.3 Å². The van der Waals surface area contributed by atoms with Gasteiger partial charge in [0.15, 0.2) is 11.5 Å². The molecular weight excluding hydrogens is 318 g/mol. The first-order valence-corrected chi connectivity index (χ1v) is 7.75. The number of hydrogen-bond acceptors (Lipinski definition) is 7. The SMILES string of the molecule is COc1cc(C(=O)NCCc2nccs2)c(N)c(OC)c1OC. The minimum atomic E-state index is -0.307. The van der Waals surface area contributed by atoms with Gasteiger partial charge in [-0.3, -0.25) is 4.79 Å². The Kier molecular flexibility index (Phi) is 5.64. The second kappa shape index (κ2) is 7.68. The maximum absolute atomic E-state index is 12.4. The van der Waals surface area contributed by atoms with Gasteiger partial charge < -0.3 is 25.3 Å². The molecule has 0 aliphatic heterocycles. The number of anilines is 1. The van der Waals surface area contributed by atoms with E-state index in [1.807, 2.05) is 5.38 Å². The Bertz CT molecular complexity index is 674. The fourth-order valence-corrected chi connectivity index (χ4v) is 2.74. The maximum Gasteiger partial charge on any atom is 0.253 e. The normalized spacial score (nSPS) is 10.2. The molecule has 8 heteroatoms. The van der Waals surface area contributed by atoms with Gasteiger partial charge in [0.1, 0.15) is 0 Å². The van der Waals surface area contributed by atoms with E-state index < -0.39 is 0 Å². The first-order valence-electron chi connectivity index (χ1n) is 6.87. The van der Waals surface area contributed by atoms with Crippen LogP contribution in [0.2, 0.25) is 0 Å². The van der Waals surface area contributed by atoms with Gasteiger partial charge in [-0.2, -0.15) is 0 Å². The quantitative estimate of drug-likeness (QED) is 0.747. The lowest BCUT2D eigenvalue weighted by molar-refractivity contribution is 0.0954. The number of hydrogen-bond donors (Lipinski definition) is 2. The molecule has 0 saturated carbocycles. The molecule has 23 heavy (non-hydrogen) atoms. The molecule has 124 valence electrons. The molecule has 3 N–H and O–H groups in total. The Labute approximate surface area is 138 Å². The van der Waals surface area contributed by atoms with Crippen LogP contribution in [0.1, 0.15) is 15.4 Å². The molecule has 0 atom stereocenters. The molecule has 0 fully saturated rings. The zero-order valence-electron chi connectivity index (χ0n) is 13.2. The lowest BCUT2D eigenvalue weighted by Gasteiger charge is -2.17. The highest BCUT2D eigenvalue weighted by atomic mass is 32.1. The average molecular weight is 337 g/mol. The van der Waals surface area contributed by atoms with Crippen molar-refractivity contribution < 1.29 is 19.0 Å². The highest BCUT2D eigenvalue weighted by Crippen LogP contribution is 2.43. The van der Waals surface area contributed by atoms with E-state index in [0.29, 0.717) is 24.5 Å². The summed E-state index contributed by atoms with van der Waals surface area (Å²) in [5.74, 6) is 0.700. The Balaban J connectivity index is 2.18. The number of rotatable bonds is 7. The number of methoxy groups -OCH3 is 3. The summed E-state index contributed by atoms with van der Waals surface area (Å²) in [6.07, 6.45) is 2.40. The number of benzene rings is 1. The number of ether oxygens (including phenoxy) is 3. The first-order chi connectivity index (χ1) is 11.1. The van der Waals surface area contributed by atoms with Gasteiger partial charge in [-0.15, -0.1) is 11.3 Å². The maximum atomic E-state index is 12.4. The van der Waals surface area contributed by atoms with Gasteiger partial charge in [-0.05, 0) is 6.07 Å². The zero-order valence-corrected chi connectivity index (χ0v) is 14.0. The van der Waals surface area contributed by atoms with Crippen LogP contribution >= 0.6 is 11.3 Å². The summed E-state index contributed by atoms with van der Waals surface area (Å²) >= 11 is 1.55. The van der Waals surface area contributed by atoms with Gasteiger partial charge in [0, 0.05) is 24.5 Å². The van der Waals surface area contributed by atoms with Crippen LogP contribution in [0, 0.1) is 0 Å². The van der Waals surface area contributed by atoms with E-state index in [4.69, 9.17) is 19.9 Å². The summed E-state index contributed by atoms with van der Waals surface area (Å²) in [5, 5.41) is 5.67. The second-order valence-electron chi connectivity index (χ2n) is 4.54. The summed E-state index contributed by atoms with van der Waals surface area (Å²) in [5.41, 5.74) is 6.51. The van der Waals surface area contributed by atoms with Crippen molar-refractivity contribution in [3.05, 3.63) is 28.2 Å². The fourth-order valence-electron chi connectivity index (χ4n) is 2.12. The van der Waals surface area contributed by atoms with Crippen LogP contribution in [0.5, 0.6) is 17.2 Å². The molecular formula is C15H19N3O4S. The molecule has 0 bridgehead atoms. The molecule has 0 radical (unpaired) electrons. The standard InChI is InChI=1S/C15H19N3O4S/c1-20-10-8-9(12(16)14(22-3)13(10)21-2)15(19)18-5-4-11-17-6-7-23-11/h6-8H,4-5,16H2,1-3H3,(H,18,19). The van der Waals surface area contributed by atoms with E-state index in [0.717, 1.165) is 5.01 Å². The van der Waals surface area contributed by atoms with Crippen molar-refractivity contribution in [1.29, 1.82) is 0 Å². The predicted octanol–water partition coefficient (Wildman–Crippen LogP) is 1.72. The summed E-state index contributed by atoms with van der Waals surface area (Å²) in [4.78, 5) is 16.5. The largest absolute Gasteiger partial charge is 0.493 e. The van der Waals surface area contributed by atoms with E-state index in [1.54, 1.807) is 17.5 Å². The zero-order chi connectivity index (χ0) is 16.8. The minimum absolute atomic E-state index is 0.205. The molecule has 1 heterocycles. The molecule has 0 saturated heterocycles. The number of thiazole rings is 1. The third-order valence-corrected chi connectivity index (χ3v) is 4.06. The molecule has 1 aromatic heterocycles. The van der Waals surface area contributed by atoms with Gasteiger partial charge in [0.2, 0.25) is 5.75 Å². The van der Waals surface area contributed by atoms with Crippen molar-refractivity contribution >= 4 is 22.9 Å². The molecule has 1 amide bonds. The molecule has 0 spiro atoms. The summed E-state index contributed by atoms with van der Waals surface area (Å²) < 4.78 is 15.7. The highest BCUT2D eigenvalue weighted by Gasteiger charge is 2.22. The number of nitrogens with one attached hydrogen (secondary N) is 1. The lowest BCUT2D eigenvalue weighted by atomic mass is 10.1. The van der Waals surface area contributed by atoms with Crippen molar-refractivity contribution in [1.82, 2.24) is 10.3 Å². The van der Waals surface area contributed by atoms with E-state index in [9.17, 15) is 4.79 Å². The topological polar surface area (TPSA) is 95.7 Å². The summed E-state index contributed by atoms with van der Waals surface area (Å²) in [6.45, 7) is 0.461. The fraction of sp³-hybridized carbons (Fsp3) is 0.333. The molecule has 0 aliphatic rings. The molecule has 0 unspecified atom stereocenters. The van der Waals surface area contributed by atoms with E-state index in [1.165, 1.54) is 27.4 Å². The number of aromatic nitrogens is 1. The Morgan fingerprint density at radius 1 is 1.26 bits per heavy atom. The number of amides is 1. The molecule has 1 aromatic carbocycles. The van der Waals surface area contributed by atoms with Crippen molar-refractivity contribution in [2.24, 2.45) is 0 Å². The van der Waals surface area contributed by atoms with Gasteiger partial charge in [-0.25, -0.2) is 4.98 Å². The Morgan fingerprint density at radius 3 is 2.57 bits per heavy atom. The number of carbonyl (C=O) groups is 1. The molecule has 2 aromatic rings. The predicted molar refractivity (Wildman–Crippen MR) is 88.7 cm³/mol. The van der Waals surface area contributed by atoms with Gasteiger partial charge in [-0.1, -0.05) is 0 Å². The van der Waals surface area contributed by atoms with Crippen LogP contribution in [0.25, 0.3) is 0 Å². The van der Waals surface area contributed by atoms with Crippen LogP contribution in [0.4, 0.5) is 5.69 Å². The smallest absolute Gasteiger partial charge is 0.253 e. The van der Waals surface area contributed by atoms with Crippen LogP contribution in [-0.2, 0) is 6.42 Å². The third kappa shape index (κ3) is 3.65. The van der Waals surface area contributed by atoms with E-state index in [-0.39, 0.29) is 22.9 Å². The van der Waals surface area contributed by atoms with Crippen molar-refractivity contribution in [3.8, 4) is 17.2 Å². The minimum Gasteiger partial charge on any atom is -0.493 e. The van der Waals surface area contributed by atoms with Crippen LogP contribution in [-0.4, -0.2) is 38.8 Å².